The largest absolute Gasteiger partial charge is 0.382 e. The summed E-state index contributed by atoms with van der Waals surface area (Å²) in [5.41, 5.74) is 2.03. The number of pyridine rings is 1. The molecular weight excluding hydrogens is 226 g/mol. The number of nitrogens with one attached hydrogen (secondary N) is 2. The molecule has 0 bridgehead atoms. The summed E-state index contributed by atoms with van der Waals surface area (Å²) in [5.74, 6) is -0.0105. The molecule has 2 rings (SSSR count). The van der Waals surface area contributed by atoms with E-state index in [4.69, 9.17) is 0 Å². The van der Waals surface area contributed by atoms with Gasteiger partial charge in [0.15, 0.2) is 0 Å². The zero-order valence-corrected chi connectivity index (χ0v) is 10.7. The molecule has 1 aromatic carbocycles. The summed E-state index contributed by atoms with van der Waals surface area (Å²) in [5, 5.41) is 8.36. The van der Waals surface area contributed by atoms with Crippen molar-refractivity contribution < 1.29 is 4.79 Å². The standard InChI is InChI=1S/C14H17N3O/c1-10-12-5-3-4-6-13(12)14(9-17-10)16-8-7-15-11(2)18/h3-6,9,16H,7-8H2,1-2H3,(H,15,18). The van der Waals surface area contributed by atoms with Gasteiger partial charge in [-0.15, -0.1) is 0 Å². The van der Waals surface area contributed by atoms with Gasteiger partial charge in [0.1, 0.15) is 0 Å². The molecule has 1 heterocycles. The SMILES string of the molecule is CC(=O)NCCNc1cnc(C)c2ccccc12. The molecule has 0 aliphatic carbocycles. The third kappa shape index (κ3) is 2.77. The van der Waals surface area contributed by atoms with Gasteiger partial charge in [0.05, 0.1) is 11.9 Å². The van der Waals surface area contributed by atoms with Gasteiger partial charge in [-0.2, -0.15) is 0 Å². The highest BCUT2D eigenvalue weighted by Gasteiger charge is 2.03. The van der Waals surface area contributed by atoms with Crippen molar-refractivity contribution in [2.75, 3.05) is 18.4 Å². The van der Waals surface area contributed by atoms with Crippen molar-refractivity contribution >= 4 is 22.4 Å². The maximum absolute atomic E-state index is 10.8. The van der Waals surface area contributed by atoms with Gasteiger partial charge < -0.3 is 10.6 Å². The molecule has 0 fully saturated rings. The van der Waals surface area contributed by atoms with Crippen molar-refractivity contribution in [3.63, 3.8) is 0 Å². The van der Waals surface area contributed by atoms with Crippen LogP contribution in [-0.4, -0.2) is 24.0 Å². The van der Waals surface area contributed by atoms with Crippen LogP contribution >= 0.6 is 0 Å². The Kier molecular flexibility index (Phi) is 3.77. The minimum absolute atomic E-state index is 0.0105. The van der Waals surface area contributed by atoms with Gasteiger partial charge in [-0.1, -0.05) is 24.3 Å². The molecule has 4 nitrogen and oxygen atoms in total. The van der Waals surface area contributed by atoms with Crippen LogP contribution in [0.15, 0.2) is 30.5 Å². The van der Waals surface area contributed by atoms with Gasteiger partial charge in [0.2, 0.25) is 5.91 Å². The van der Waals surface area contributed by atoms with Gasteiger partial charge in [-0.3, -0.25) is 9.78 Å². The minimum atomic E-state index is -0.0105. The van der Waals surface area contributed by atoms with Crippen molar-refractivity contribution in [3.05, 3.63) is 36.2 Å². The second-order valence-electron chi connectivity index (χ2n) is 4.21. The molecule has 4 heteroatoms. The Bertz CT molecular complexity index is 566. The van der Waals surface area contributed by atoms with E-state index in [-0.39, 0.29) is 5.91 Å². The van der Waals surface area contributed by atoms with Gasteiger partial charge in [-0.25, -0.2) is 0 Å². The first-order chi connectivity index (χ1) is 8.68. The van der Waals surface area contributed by atoms with E-state index < -0.39 is 0 Å². The van der Waals surface area contributed by atoms with E-state index in [9.17, 15) is 4.79 Å². The topological polar surface area (TPSA) is 54.0 Å². The average molecular weight is 243 g/mol. The molecule has 18 heavy (non-hydrogen) atoms. The first-order valence-corrected chi connectivity index (χ1v) is 6.01. The van der Waals surface area contributed by atoms with E-state index in [0.717, 1.165) is 22.2 Å². The molecule has 2 N–H and O–H groups in total. The van der Waals surface area contributed by atoms with Crippen molar-refractivity contribution in [1.29, 1.82) is 0 Å². The quantitative estimate of drug-likeness (QED) is 0.808. The van der Waals surface area contributed by atoms with Crippen molar-refractivity contribution in [3.8, 4) is 0 Å². The Hall–Kier alpha value is -2.10. The van der Waals surface area contributed by atoms with Crippen LogP contribution in [-0.2, 0) is 4.79 Å². The van der Waals surface area contributed by atoms with Crippen LogP contribution in [0, 0.1) is 6.92 Å². The minimum Gasteiger partial charge on any atom is -0.382 e. The summed E-state index contributed by atoms with van der Waals surface area (Å²) >= 11 is 0. The van der Waals surface area contributed by atoms with Gasteiger partial charge in [-0.05, 0) is 6.92 Å². The number of aryl methyl sites for hydroxylation is 1. The predicted molar refractivity (Wildman–Crippen MR) is 73.7 cm³/mol. The number of aromatic nitrogens is 1. The summed E-state index contributed by atoms with van der Waals surface area (Å²) in [6.07, 6.45) is 1.84. The lowest BCUT2D eigenvalue weighted by Crippen LogP contribution is -2.26. The van der Waals surface area contributed by atoms with E-state index in [2.05, 4.69) is 27.8 Å². The molecule has 2 aromatic rings. The average Bonchev–Trinajstić information content (AvgIpc) is 2.37. The molecule has 0 saturated heterocycles. The number of carbonyl (C=O) groups excluding carboxylic acids is 1. The van der Waals surface area contributed by atoms with Gasteiger partial charge in [0, 0.05) is 36.5 Å². The van der Waals surface area contributed by atoms with Crippen molar-refractivity contribution in [1.82, 2.24) is 10.3 Å². The molecule has 0 spiro atoms. The Morgan fingerprint density at radius 3 is 2.67 bits per heavy atom. The number of fused-ring (bicyclic) bond motifs is 1. The molecule has 0 aliphatic heterocycles. The maximum Gasteiger partial charge on any atom is 0.216 e. The van der Waals surface area contributed by atoms with Gasteiger partial charge in [0.25, 0.3) is 0 Å². The Labute approximate surface area is 106 Å². The third-order valence-electron chi connectivity index (χ3n) is 2.81. The van der Waals surface area contributed by atoms with Crippen LogP contribution in [0.25, 0.3) is 10.8 Å². The zero-order chi connectivity index (χ0) is 13.0. The second-order valence-corrected chi connectivity index (χ2v) is 4.21. The highest BCUT2D eigenvalue weighted by molar-refractivity contribution is 5.94. The lowest BCUT2D eigenvalue weighted by molar-refractivity contribution is -0.118. The number of nitrogens with zero attached hydrogens (tertiary/aromatic N) is 1. The number of anilines is 1. The van der Waals surface area contributed by atoms with Crippen molar-refractivity contribution in [2.45, 2.75) is 13.8 Å². The fraction of sp³-hybridized carbons (Fsp3) is 0.286. The fourth-order valence-corrected chi connectivity index (χ4v) is 1.91. The predicted octanol–water partition coefficient (Wildman–Crippen LogP) is 2.09. The molecule has 0 unspecified atom stereocenters. The molecule has 1 aromatic heterocycles. The lowest BCUT2D eigenvalue weighted by Gasteiger charge is -2.10. The Balaban J connectivity index is 2.14. The van der Waals surface area contributed by atoms with E-state index in [0.29, 0.717) is 13.1 Å². The van der Waals surface area contributed by atoms with E-state index >= 15 is 0 Å². The monoisotopic (exact) mass is 243 g/mol. The van der Waals surface area contributed by atoms with Crippen LogP contribution in [0.4, 0.5) is 5.69 Å². The summed E-state index contributed by atoms with van der Waals surface area (Å²) in [7, 11) is 0. The summed E-state index contributed by atoms with van der Waals surface area (Å²) in [4.78, 5) is 15.1. The fourth-order valence-electron chi connectivity index (χ4n) is 1.91. The third-order valence-corrected chi connectivity index (χ3v) is 2.81. The van der Waals surface area contributed by atoms with Crippen LogP contribution in [0.1, 0.15) is 12.6 Å². The number of carbonyl (C=O) groups is 1. The van der Waals surface area contributed by atoms with Crippen LogP contribution < -0.4 is 10.6 Å². The first-order valence-electron chi connectivity index (χ1n) is 6.01. The normalized spacial score (nSPS) is 10.3. The summed E-state index contributed by atoms with van der Waals surface area (Å²) in [6.45, 7) is 4.82. The molecule has 0 saturated carbocycles. The van der Waals surface area contributed by atoms with Crippen molar-refractivity contribution in [2.24, 2.45) is 0 Å². The highest BCUT2D eigenvalue weighted by Crippen LogP contribution is 2.23. The summed E-state index contributed by atoms with van der Waals surface area (Å²) in [6, 6.07) is 8.17. The molecule has 0 atom stereocenters. The number of hydrogen-bond donors (Lipinski definition) is 2. The Morgan fingerprint density at radius 2 is 1.94 bits per heavy atom. The number of amides is 1. The molecule has 0 radical (unpaired) electrons. The molecule has 94 valence electrons. The number of hydrogen-bond acceptors (Lipinski definition) is 3. The second kappa shape index (κ2) is 5.49. The first kappa shape index (κ1) is 12.4. The van der Waals surface area contributed by atoms with Crippen LogP contribution in [0.5, 0.6) is 0 Å². The maximum atomic E-state index is 10.8. The van der Waals surface area contributed by atoms with Crippen LogP contribution in [0.2, 0.25) is 0 Å². The van der Waals surface area contributed by atoms with E-state index in [1.54, 1.807) is 0 Å². The van der Waals surface area contributed by atoms with E-state index in [1.165, 1.54) is 6.92 Å². The molecular formula is C14H17N3O. The summed E-state index contributed by atoms with van der Waals surface area (Å²) < 4.78 is 0. The lowest BCUT2D eigenvalue weighted by atomic mass is 10.1. The van der Waals surface area contributed by atoms with Crippen LogP contribution in [0.3, 0.4) is 0 Å². The van der Waals surface area contributed by atoms with Gasteiger partial charge >= 0.3 is 0 Å². The zero-order valence-electron chi connectivity index (χ0n) is 10.7. The highest BCUT2D eigenvalue weighted by atomic mass is 16.1. The number of benzene rings is 1. The van der Waals surface area contributed by atoms with E-state index in [1.807, 2.05) is 25.3 Å². The number of rotatable bonds is 4. The molecule has 0 aliphatic rings. The molecule has 1 amide bonds. The Morgan fingerprint density at radius 1 is 1.22 bits per heavy atom. The smallest absolute Gasteiger partial charge is 0.216 e.